The van der Waals surface area contributed by atoms with Crippen LogP contribution in [-0.4, -0.2) is 15.7 Å². The molecule has 0 N–H and O–H groups in total. The van der Waals surface area contributed by atoms with Crippen LogP contribution in [0.2, 0.25) is 0 Å². The quantitative estimate of drug-likeness (QED) is 0.427. The number of rotatable bonds is 2. The molecule has 1 atom stereocenters. The number of fused-ring (bicyclic) bond motifs is 4. The summed E-state index contributed by atoms with van der Waals surface area (Å²) in [6.07, 6.45) is 5.38. The van der Waals surface area contributed by atoms with Gasteiger partial charge in [-0.1, -0.05) is 36.4 Å². The van der Waals surface area contributed by atoms with Crippen LogP contribution in [0.3, 0.4) is 0 Å². The Balaban J connectivity index is 1.54. The highest BCUT2D eigenvalue weighted by atomic mass is 15.4. The van der Waals surface area contributed by atoms with E-state index >= 15 is 0 Å². The number of hydrogen-bond donors (Lipinski definition) is 0. The Morgan fingerprint density at radius 3 is 2.38 bits per heavy atom. The lowest BCUT2D eigenvalue weighted by molar-refractivity contribution is 0.760. The molecule has 0 unspecified atom stereocenters. The summed E-state index contributed by atoms with van der Waals surface area (Å²) in [6.45, 7) is 4.47. The van der Waals surface area contributed by atoms with Gasteiger partial charge in [0.1, 0.15) is 12.0 Å². The number of hydrogen-bond acceptors (Lipinski definition) is 3. The van der Waals surface area contributed by atoms with Crippen molar-refractivity contribution in [2.45, 2.75) is 26.4 Å². The molecule has 142 valence electrons. The third-order valence-electron chi connectivity index (χ3n) is 6.08. The molecule has 0 saturated heterocycles. The molecular weight excluding hydrogens is 356 g/mol. The molecule has 0 bridgehead atoms. The first-order valence-electron chi connectivity index (χ1n) is 10.1. The van der Waals surface area contributed by atoms with Crippen molar-refractivity contribution in [1.82, 2.24) is 9.55 Å². The van der Waals surface area contributed by atoms with Crippen LogP contribution in [0.15, 0.2) is 72.8 Å². The molecule has 4 heteroatoms. The minimum atomic E-state index is 0.167. The van der Waals surface area contributed by atoms with Gasteiger partial charge in [-0.3, -0.25) is 0 Å². The SMILES string of the molecule is Cc1cc2c(cc1N1c3ccccc3N(c3ccccc3)[C@@H]1C)nc1n2C=CC1. The van der Waals surface area contributed by atoms with Gasteiger partial charge in [0.05, 0.1) is 22.4 Å². The molecule has 0 aliphatic carbocycles. The van der Waals surface area contributed by atoms with Crippen LogP contribution >= 0.6 is 0 Å². The fourth-order valence-electron chi connectivity index (χ4n) is 4.78. The number of aromatic nitrogens is 2. The van der Waals surface area contributed by atoms with E-state index in [-0.39, 0.29) is 6.17 Å². The lowest BCUT2D eigenvalue weighted by Crippen LogP contribution is -2.35. The maximum atomic E-state index is 4.88. The predicted octanol–water partition coefficient (Wildman–Crippen LogP) is 6.01. The van der Waals surface area contributed by atoms with Gasteiger partial charge in [-0.05, 0) is 55.8 Å². The Hall–Kier alpha value is -3.53. The molecule has 2 aliphatic rings. The molecule has 3 aromatic carbocycles. The molecular formula is C25H22N4. The van der Waals surface area contributed by atoms with Crippen LogP contribution in [0.5, 0.6) is 0 Å². The maximum Gasteiger partial charge on any atom is 0.117 e. The van der Waals surface area contributed by atoms with E-state index in [1.165, 1.54) is 33.8 Å². The van der Waals surface area contributed by atoms with E-state index in [9.17, 15) is 0 Å². The molecule has 0 spiro atoms. The first-order chi connectivity index (χ1) is 14.2. The summed E-state index contributed by atoms with van der Waals surface area (Å²) in [5.74, 6) is 1.12. The van der Waals surface area contributed by atoms with Gasteiger partial charge in [0.2, 0.25) is 0 Å². The van der Waals surface area contributed by atoms with E-state index < -0.39 is 0 Å². The molecule has 0 saturated carbocycles. The zero-order valence-corrected chi connectivity index (χ0v) is 16.6. The fraction of sp³-hybridized carbons (Fsp3) is 0.160. The molecule has 6 rings (SSSR count). The van der Waals surface area contributed by atoms with Crippen molar-refractivity contribution in [3.8, 4) is 0 Å². The third kappa shape index (κ3) is 2.29. The average molecular weight is 378 g/mol. The van der Waals surface area contributed by atoms with Crippen LogP contribution in [-0.2, 0) is 6.42 Å². The molecule has 4 nitrogen and oxygen atoms in total. The molecule has 1 aromatic heterocycles. The number of nitrogens with zero attached hydrogens (tertiary/aromatic N) is 4. The Kier molecular flexibility index (Phi) is 3.39. The molecule has 0 radical (unpaired) electrons. The van der Waals surface area contributed by atoms with Gasteiger partial charge in [-0.2, -0.15) is 0 Å². The molecule has 0 fully saturated rings. The van der Waals surface area contributed by atoms with E-state index in [0.29, 0.717) is 0 Å². The monoisotopic (exact) mass is 378 g/mol. The van der Waals surface area contributed by atoms with Crippen LogP contribution in [0.1, 0.15) is 18.3 Å². The van der Waals surface area contributed by atoms with E-state index in [1.807, 2.05) is 0 Å². The van der Waals surface area contributed by atoms with E-state index in [0.717, 1.165) is 17.8 Å². The van der Waals surface area contributed by atoms with Crippen molar-refractivity contribution in [2.24, 2.45) is 0 Å². The summed E-state index contributed by atoms with van der Waals surface area (Å²) in [4.78, 5) is 9.74. The zero-order chi connectivity index (χ0) is 19.5. The number of benzene rings is 3. The second-order valence-electron chi connectivity index (χ2n) is 7.81. The molecule has 29 heavy (non-hydrogen) atoms. The van der Waals surface area contributed by atoms with Gasteiger partial charge >= 0.3 is 0 Å². The number of allylic oxidation sites excluding steroid dienone is 1. The molecule has 4 aromatic rings. The standard InChI is InChI=1S/C25H22N4/c1-17-15-24-20(26-25-13-8-14-27(24)25)16-23(17)29-18(2)28(19-9-4-3-5-10-19)21-11-6-7-12-22(21)29/h3-12,14-16,18H,13H2,1-2H3/t18-/m0/s1. The third-order valence-corrected chi connectivity index (χ3v) is 6.08. The summed E-state index contributed by atoms with van der Waals surface area (Å²) in [5, 5.41) is 0. The Bertz CT molecular complexity index is 1270. The maximum absolute atomic E-state index is 4.88. The summed E-state index contributed by atoms with van der Waals surface area (Å²) in [6, 6.07) is 23.8. The topological polar surface area (TPSA) is 24.3 Å². The van der Waals surface area contributed by atoms with Crippen molar-refractivity contribution in [1.29, 1.82) is 0 Å². The van der Waals surface area contributed by atoms with Crippen molar-refractivity contribution < 1.29 is 0 Å². The lowest BCUT2D eigenvalue weighted by Gasteiger charge is -2.31. The van der Waals surface area contributed by atoms with E-state index in [4.69, 9.17) is 4.98 Å². The van der Waals surface area contributed by atoms with Crippen LogP contribution < -0.4 is 9.80 Å². The van der Waals surface area contributed by atoms with E-state index in [1.54, 1.807) is 0 Å². The first-order valence-corrected chi connectivity index (χ1v) is 10.1. The fourth-order valence-corrected chi connectivity index (χ4v) is 4.78. The first kappa shape index (κ1) is 16.4. The largest absolute Gasteiger partial charge is 0.319 e. The van der Waals surface area contributed by atoms with Crippen LogP contribution in [0.25, 0.3) is 17.2 Å². The average Bonchev–Trinajstić information content (AvgIpc) is 3.40. The summed E-state index contributed by atoms with van der Waals surface area (Å²) in [7, 11) is 0. The highest BCUT2D eigenvalue weighted by molar-refractivity contribution is 5.92. The van der Waals surface area contributed by atoms with Gasteiger partial charge < -0.3 is 14.4 Å². The number of aryl methyl sites for hydroxylation is 1. The summed E-state index contributed by atoms with van der Waals surface area (Å²) < 4.78 is 2.21. The smallest absolute Gasteiger partial charge is 0.117 e. The van der Waals surface area contributed by atoms with Gasteiger partial charge in [0, 0.05) is 24.0 Å². The number of anilines is 4. The van der Waals surface area contributed by atoms with Crippen molar-refractivity contribution in [2.75, 3.05) is 9.80 Å². The molecule has 2 aliphatic heterocycles. The Morgan fingerprint density at radius 1 is 0.862 bits per heavy atom. The highest BCUT2D eigenvalue weighted by Gasteiger charge is 2.35. The summed E-state index contributed by atoms with van der Waals surface area (Å²) in [5.41, 5.74) is 8.41. The zero-order valence-electron chi connectivity index (χ0n) is 16.6. The van der Waals surface area contributed by atoms with Crippen LogP contribution in [0.4, 0.5) is 22.7 Å². The summed E-state index contributed by atoms with van der Waals surface area (Å²) >= 11 is 0. The van der Waals surface area contributed by atoms with Crippen molar-refractivity contribution >= 4 is 40.0 Å². The van der Waals surface area contributed by atoms with Gasteiger partial charge in [-0.25, -0.2) is 4.98 Å². The minimum absolute atomic E-state index is 0.167. The Labute approximate surface area is 170 Å². The van der Waals surface area contributed by atoms with Gasteiger partial charge in [-0.15, -0.1) is 0 Å². The van der Waals surface area contributed by atoms with E-state index in [2.05, 4.69) is 107 Å². The van der Waals surface area contributed by atoms with Crippen molar-refractivity contribution in [3.63, 3.8) is 0 Å². The Morgan fingerprint density at radius 2 is 1.59 bits per heavy atom. The minimum Gasteiger partial charge on any atom is -0.319 e. The van der Waals surface area contributed by atoms with Gasteiger partial charge in [0.25, 0.3) is 0 Å². The van der Waals surface area contributed by atoms with Gasteiger partial charge in [0.15, 0.2) is 0 Å². The second-order valence-corrected chi connectivity index (χ2v) is 7.81. The molecule has 3 heterocycles. The van der Waals surface area contributed by atoms with Crippen molar-refractivity contribution in [3.05, 3.63) is 84.2 Å². The molecule has 0 amide bonds. The number of imidazole rings is 1. The highest BCUT2D eigenvalue weighted by Crippen LogP contribution is 2.48. The predicted molar refractivity (Wildman–Crippen MR) is 120 cm³/mol. The van der Waals surface area contributed by atoms with Crippen LogP contribution in [0, 0.1) is 6.92 Å². The second kappa shape index (κ2) is 5.98. The lowest BCUT2D eigenvalue weighted by atomic mass is 10.1. The number of para-hydroxylation sites is 3. The normalized spacial score (nSPS) is 17.2.